The van der Waals surface area contributed by atoms with Crippen molar-refractivity contribution in [3.8, 4) is 0 Å². The number of amides is 1. The van der Waals surface area contributed by atoms with Gasteiger partial charge in [-0.15, -0.1) is 0 Å². The Morgan fingerprint density at radius 1 is 1.04 bits per heavy atom. The molecule has 4 rings (SSSR count). The molecular formula is C18H22N4O3S2. The minimum Gasteiger partial charge on any atom is -0.337 e. The molecule has 1 aliphatic heterocycles. The van der Waals surface area contributed by atoms with Crippen molar-refractivity contribution in [3.63, 3.8) is 0 Å². The van der Waals surface area contributed by atoms with E-state index in [1.807, 2.05) is 0 Å². The Balaban J connectivity index is 1.45. The van der Waals surface area contributed by atoms with Crippen LogP contribution in [0, 0.1) is 0 Å². The number of sulfonamides is 1. The number of piperazine rings is 1. The average molecular weight is 407 g/mol. The molecule has 2 fully saturated rings. The van der Waals surface area contributed by atoms with Crippen molar-refractivity contribution in [1.82, 2.24) is 18.0 Å². The van der Waals surface area contributed by atoms with E-state index in [-0.39, 0.29) is 10.8 Å². The van der Waals surface area contributed by atoms with Gasteiger partial charge in [0.05, 0.1) is 11.7 Å². The van der Waals surface area contributed by atoms with E-state index < -0.39 is 10.0 Å². The summed E-state index contributed by atoms with van der Waals surface area (Å²) in [6.07, 6.45) is 7.33. The number of hydrogen-bond acceptors (Lipinski definition) is 6. The number of hydrogen-bond donors (Lipinski definition) is 0. The highest BCUT2D eigenvalue weighted by Crippen LogP contribution is 2.26. The first-order chi connectivity index (χ1) is 13.1. The van der Waals surface area contributed by atoms with Crippen LogP contribution >= 0.6 is 11.7 Å². The molecule has 1 amide bonds. The van der Waals surface area contributed by atoms with Gasteiger partial charge in [0.1, 0.15) is 15.9 Å². The van der Waals surface area contributed by atoms with Crippen LogP contribution in [-0.2, 0) is 14.8 Å². The second-order valence-corrected chi connectivity index (χ2v) is 9.42. The lowest BCUT2D eigenvalue weighted by atomic mass is 9.94. The first-order valence-electron chi connectivity index (χ1n) is 9.25. The second kappa shape index (κ2) is 7.65. The van der Waals surface area contributed by atoms with Crippen LogP contribution in [0.2, 0.25) is 0 Å². The minimum atomic E-state index is -3.65. The molecule has 2 aliphatic rings. The van der Waals surface area contributed by atoms with Crippen LogP contribution in [-0.4, -0.2) is 58.5 Å². The van der Waals surface area contributed by atoms with Crippen LogP contribution < -0.4 is 0 Å². The Bertz CT molecular complexity index is 967. The summed E-state index contributed by atoms with van der Waals surface area (Å²) >= 11 is 1.01. The number of aromatic nitrogens is 2. The second-order valence-electron chi connectivity index (χ2n) is 6.98. The topological polar surface area (TPSA) is 83.5 Å². The fourth-order valence-corrected chi connectivity index (χ4v) is 5.87. The highest BCUT2D eigenvalue weighted by atomic mass is 32.2. The van der Waals surface area contributed by atoms with Gasteiger partial charge in [0.15, 0.2) is 0 Å². The van der Waals surface area contributed by atoms with E-state index in [4.69, 9.17) is 0 Å². The number of fused-ring (bicyclic) bond motifs is 1. The lowest BCUT2D eigenvalue weighted by Gasteiger charge is -2.33. The quantitative estimate of drug-likeness (QED) is 0.731. The predicted octanol–water partition coefficient (Wildman–Crippen LogP) is 2.41. The maximum absolute atomic E-state index is 13.0. The summed E-state index contributed by atoms with van der Waals surface area (Å²) in [7, 11) is -3.65. The normalized spacial score (nSPS) is 19.4. The van der Waals surface area contributed by atoms with Gasteiger partial charge in [-0.3, -0.25) is 4.79 Å². The molecule has 7 nitrogen and oxygen atoms in total. The van der Waals surface area contributed by atoms with Gasteiger partial charge in [0.25, 0.3) is 0 Å². The van der Waals surface area contributed by atoms with Crippen molar-refractivity contribution in [3.05, 3.63) is 29.8 Å². The van der Waals surface area contributed by atoms with E-state index in [2.05, 4.69) is 8.75 Å². The molecule has 2 heterocycles. The molecule has 0 bridgehead atoms. The third-order valence-corrected chi connectivity index (χ3v) is 7.71. The number of carbonyl (C=O) groups excluding carboxylic acids is 1. The van der Waals surface area contributed by atoms with E-state index in [0.717, 1.165) is 37.4 Å². The first-order valence-corrected chi connectivity index (χ1v) is 11.4. The molecule has 1 aromatic heterocycles. The van der Waals surface area contributed by atoms with E-state index >= 15 is 0 Å². The summed E-state index contributed by atoms with van der Waals surface area (Å²) in [6.45, 7) is 1.41. The molecule has 1 aromatic carbocycles. The number of allylic oxidation sites excluding steroid dienone is 1. The van der Waals surface area contributed by atoms with Crippen molar-refractivity contribution in [2.75, 3.05) is 26.2 Å². The Morgan fingerprint density at radius 2 is 1.78 bits per heavy atom. The van der Waals surface area contributed by atoms with E-state index in [1.165, 1.54) is 16.3 Å². The molecule has 0 spiro atoms. The summed E-state index contributed by atoms with van der Waals surface area (Å²) in [6, 6.07) is 5.02. The molecule has 27 heavy (non-hydrogen) atoms. The fraction of sp³-hybridized carbons (Fsp3) is 0.500. The van der Waals surface area contributed by atoms with Crippen molar-refractivity contribution >= 4 is 38.7 Å². The van der Waals surface area contributed by atoms with Crippen molar-refractivity contribution < 1.29 is 13.2 Å². The summed E-state index contributed by atoms with van der Waals surface area (Å²) in [5, 5.41) is 0. The van der Waals surface area contributed by atoms with Gasteiger partial charge in [0, 0.05) is 32.3 Å². The number of benzene rings is 1. The zero-order chi connectivity index (χ0) is 18.9. The van der Waals surface area contributed by atoms with Gasteiger partial charge in [0.2, 0.25) is 15.9 Å². The highest BCUT2D eigenvalue weighted by Gasteiger charge is 2.31. The lowest BCUT2D eigenvalue weighted by molar-refractivity contribution is -0.127. The SMILES string of the molecule is O=C(C=C1CCCCC1)N1CCN(S(=O)(=O)c2cccc3nsnc23)CC1. The van der Waals surface area contributed by atoms with Crippen LogP contribution in [0.1, 0.15) is 32.1 Å². The average Bonchev–Trinajstić information content (AvgIpc) is 3.17. The lowest BCUT2D eigenvalue weighted by Crippen LogP contribution is -2.50. The Morgan fingerprint density at radius 3 is 2.52 bits per heavy atom. The zero-order valence-corrected chi connectivity index (χ0v) is 16.6. The van der Waals surface area contributed by atoms with Crippen molar-refractivity contribution in [2.45, 2.75) is 37.0 Å². The van der Waals surface area contributed by atoms with Crippen LogP contribution in [0.5, 0.6) is 0 Å². The van der Waals surface area contributed by atoms with Gasteiger partial charge in [-0.2, -0.15) is 13.1 Å². The van der Waals surface area contributed by atoms with Crippen LogP contribution in [0.4, 0.5) is 0 Å². The maximum atomic E-state index is 13.0. The molecule has 0 radical (unpaired) electrons. The van der Waals surface area contributed by atoms with Gasteiger partial charge in [-0.1, -0.05) is 18.1 Å². The van der Waals surface area contributed by atoms with Crippen LogP contribution in [0.3, 0.4) is 0 Å². The molecule has 1 aliphatic carbocycles. The molecule has 9 heteroatoms. The van der Waals surface area contributed by atoms with Crippen molar-refractivity contribution in [1.29, 1.82) is 0 Å². The molecule has 0 atom stereocenters. The third-order valence-electron chi connectivity index (χ3n) is 5.24. The molecule has 1 saturated heterocycles. The highest BCUT2D eigenvalue weighted by molar-refractivity contribution is 7.89. The van der Waals surface area contributed by atoms with Gasteiger partial charge >= 0.3 is 0 Å². The Kier molecular flexibility index (Phi) is 5.25. The van der Waals surface area contributed by atoms with E-state index in [0.29, 0.717) is 37.2 Å². The molecule has 2 aromatic rings. The van der Waals surface area contributed by atoms with E-state index in [9.17, 15) is 13.2 Å². The molecule has 0 unspecified atom stereocenters. The smallest absolute Gasteiger partial charge is 0.246 e. The summed E-state index contributed by atoms with van der Waals surface area (Å²) in [5.74, 6) is 0.00903. The fourth-order valence-electron chi connectivity index (χ4n) is 3.69. The summed E-state index contributed by atoms with van der Waals surface area (Å²) in [4.78, 5) is 14.4. The molecule has 1 saturated carbocycles. The third kappa shape index (κ3) is 3.76. The molecular weight excluding hydrogens is 384 g/mol. The minimum absolute atomic E-state index is 0.00903. The maximum Gasteiger partial charge on any atom is 0.246 e. The molecule has 0 N–H and O–H groups in total. The number of nitrogens with zero attached hydrogens (tertiary/aromatic N) is 4. The van der Waals surface area contributed by atoms with Gasteiger partial charge in [-0.05, 0) is 37.8 Å². The molecule has 144 valence electrons. The van der Waals surface area contributed by atoms with Crippen molar-refractivity contribution in [2.24, 2.45) is 0 Å². The van der Waals surface area contributed by atoms with Gasteiger partial charge in [-0.25, -0.2) is 8.42 Å². The van der Waals surface area contributed by atoms with Gasteiger partial charge < -0.3 is 4.90 Å². The number of rotatable bonds is 3. The predicted molar refractivity (Wildman–Crippen MR) is 104 cm³/mol. The Labute approximate surface area is 163 Å². The van der Waals surface area contributed by atoms with E-state index in [1.54, 1.807) is 29.2 Å². The number of carbonyl (C=O) groups is 1. The standard InChI is InChI=1S/C18H22N4O3S2/c23-17(13-14-5-2-1-3-6-14)21-9-11-22(12-10-21)27(24,25)16-8-4-7-15-18(16)20-26-19-15/h4,7-8,13H,1-3,5-6,9-12H2. The largest absolute Gasteiger partial charge is 0.337 e. The first kappa shape index (κ1) is 18.5. The summed E-state index contributed by atoms with van der Waals surface area (Å²) in [5.41, 5.74) is 2.24. The van der Waals surface area contributed by atoms with Crippen LogP contribution in [0.15, 0.2) is 34.7 Å². The zero-order valence-electron chi connectivity index (χ0n) is 15.0. The monoisotopic (exact) mass is 406 g/mol. The van der Waals surface area contributed by atoms with Crippen LogP contribution in [0.25, 0.3) is 11.0 Å². The summed E-state index contributed by atoms with van der Waals surface area (Å²) < 4.78 is 35.8. The Hall–Kier alpha value is -1.84.